The highest BCUT2D eigenvalue weighted by atomic mass is 16.6. The third kappa shape index (κ3) is 6.16. The van der Waals surface area contributed by atoms with Crippen LogP contribution in [0, 0.1) is 10.1 Å². The van der Waals surface area contributed by atoms with Crippen LogP contribution >= 0.6 is 0 Å². The van der Waals surface area contributed by atoms with Gasteiger partial charge in [0.2, 0.25) is 11.8 Å². The molecule has 0 spiro atoms. The summed E-state index contributed by atoms with van der Waals surface area (Å²) in [5, 5.41) is 13.5. The molecule has 28 heavy (non-hydrogen) atoms. The Morgan fingerprint density at radius 2 is 1.82 bits per heavy atom. The Balaban J connectivity index is 1.94. The van der Waals surface area contributed by atoms with Gasteiger partial charge in [-0.3, -0.25) is 19.7 Å². The van der Waals surface area contributed by atoms with Crippen LogP contribution in [0.25, 0.3) is 6.08 Å². The van der Waals surface area contributed by atoms with Gasteiger partial charge in [-0.15, -0.1) is 0 Å². The van der Waals surface area contributed by atoms with Crippen LogP contribution < -0.4 is 5.32 Å². The van der Waals surface area contributed by atoms with Crippen molar-refractivity contribution in [3.8, 4) is 0 Å². The molecule has 0 radical (unpaired) electrons. The fourth-order valence-corrected chi connectivity index (χ4v) is 3.15. The van der Waals surface area contributed by atoms with Crippen molar-refractivity contribution in [2.45, 2.75) is 32.7 Å². The maximum atomic E-state index is 12.8. The normalized spacial score (nSPS) is 16.1. The van der Waals surface area contributed by atoms with Crippen LogP contribution in [-0.2, 0) is 9.59 Å². The molecule has 1 N–H and O–H groups in total. The van der Waals surface area contributed by atoms with Gasteiger partial charge in [0.25, 0.3) is 5.69 Å². The second kappa shape index (κ2) is 10.6. The molecule has 1 aromatic rings. The summed E-state index contributed by atoms with van der Waals surface area (Å²) in [5.74, 6) is -0.382. The zero-order chi connectivity index (χ0) is 20.5. The molecule has 1 aliphatic heterocycles. The highest BCUT2D eigenvalue weighted by Crippen LogP contribution is 2.13. The molecule has 8 nitrogen and oxygen atoms in total. The maximum absolute atomic E-state index is 12.8. The average molecular weight is 388 g/mol. The Kier molecular flexibility index (Phi) is 8.13. The van der Waals surface area contributed by atoms with Crippen LogP contribution in [-0.4, -0.2) is 65.3 Å². The fourth-order valence-electron chi connectivity index (χ4n) is 3.15. The summed E-state index contributed by atoms with van der Waals surface area (Å²) in [5.41, 5.74) is 0.674. The molecule has 1 aliphatic rings. The van der Waals surface area contributed by atoms with Gasteiger partial charge in [-0.2, -0.15) is 0 Å². The summed E-state index contributed by atoms with van der Waals surface area (Å²) in [4.78, 5) is 39.4. The van der Waals surface area contributed by atoms with E-state index in [0.29, 0.717) is 25.1 Å². The SMILES string of the molecule is CCCC(NC(=O)/C=C/c1ccc([N+](=O)[O-])cc1)C(=O)N1CCN(CC)CC1. The van der Waals surface area contributed by atoms with Crippen LogP contribution in [0.5, 0.6) is 0 Å². The number of hydrogen-bond donors (Lipinski definition) is 1. The highest BCUT2D eigenvalue weighted by molar-refractivity contribution is 5.95. The van der Waals surface area contributed by atoms with Crippen molar-refractivity contribution < 1.29 is 14.5 Å². The van der Waals surface area contributed by atoms with Crippen LogP contribution in [0.2, 0.25) is 0 Å². The Morgan fingerprint density at radius 1 is 1.18 bits per heavy atom. The second-order valence-electron chi connectivity index (χ2n) is 6.79. The van der Waals surface area contributed by atoms with E-state index in [0.717, 1.165) is 26.1 Å². The van der Waals surface area contributed by atoms with Crippen molar-refractivity contribution >= 4 is 23.6 Å². The molecule has 0 aliphatic carbocycles. The Labute approximate surface area is 165 Å². The van der Waals surface area contributed by atoms with Gasteiger partial charge in [0.05, 0.1) is 4.92 Å². The number of piperazine rings is 1. The molecule has 1 aromatic carbocycles. The standard InChI is InChI=1S/C20H28N4O4/c1-3-5-18(20(26)23-14-12-22(4-2)13-15-23)21-19(25)11-8-16-6-9-17(10-7-16)24(27)28/h6-11,18H,3-5,12-15H2,1-2H3,(H,21,25)/b11-8+. The van der Waals surface area contributed by atoms with Crippen molar-refractivity contribution in [1.29, 1.82) is 0 Å². The summed E-state index contributed by atoms with van der Waals surface area (Å²) in [6.07, 6.45) is 4.31. The number of nitrogens with one attached hydrogen (secondary N) is 1. The molecule has 0 aromatic heterocycles. The van der Waals surface area contributed by atoms with E-state index in [2.05, 4.69) is 17.1 Å². The number of non-ortho nitro benzene ring substituents is 1. The fraction of sp³-hybridized carbons (Fsp3) is 0.500. The van der Waals surface area contributed by atoms with E-state index in [1.165, 1.54) is 18.2 Å². The van der Waals surface area contributed by atoms with Gasteiger partial charge in [-0.05, 0) is 36.7 Å². The van der Waals surface area contributed by atoms with Gasteiger partial charge in [0.15, 0.2) is 0 Å². The van der Waals surface area contributed by atoms with Crippen LogP contribution in [0.4, 0.5) is 5.69 Å². The first-order valence-electron chi connectivity index (χ1n) is 9.68. The van der Waals surface area contributed by atoms with E-state index in [4.69, 9.17) is 0 Å². The minimum atomic E-state index is -0.535. The smallest absolute Gasteiger partial charge is 0.269 e. The minimum Gasteiger partial charge on any atom is -0.341 e. The van der Waals surface area contributed by atoms with E-state index in [9.17, 15) is 19.7 Å². The largest absolute Gasteiger partial charge is 0.341 e. The summed E-state index contributed by atoms with van der Waals surface area (Å²) in [6, 6.07) is 5.38. The summed E-state index contributed by atoms with van der Waals surface area (Å²) in [6.45, 7) is 8.14. The van der Waals surface area contributed by atoms with E-state index in [1.54, 1.807) is 18.2 Å². The number of hydrogen-bond acceptors (Lipinski definition) is 5. The summed E-state index contributed by atoms with van der Waals surface area (Å²) < 4.78 is 0. The first kappa shape index (κ1) is 21.6. The van der Waals surface area contributed by atoms with E-state index >= 15 is 0 Å². The van der Waals surface area contributed by atoms with Crippen molar-refractivity contribution in [1.82, 2.24) is 15.1 Å². The molecule has 8 heteroatoms. The Bertz CT molecular complexity index is 709. The lowest BCUT2D eigenvalue weighted by molar-refractivity contribution is -0.384. The van der Waals surface area contributed by atoms with Crippen LogP contribution in [0.3, 0.4) is 0 Å². The lowest BCUT2D eigenvalue weighted by Crippen LogP contribution is -2.54. The number of benzene rings is 1. The van der Waals surface area contributed by atoms with E-state index < -0.39 is 11.0 Å². The summed E-state index contributed by atoms with van der Waals surface area (Å²) >= 11 is 0. The number of carbonyl (C=O) groups excluding carboxylic acids is 2. The number of amides is 2. The molecule has 0 saturated carbocycles. The number of carbonyl (C=O) groups is 2. The second-order valence-corrected chi connectivity index (χ2v) is 6.79. The van der Waals surface area contributed by atoms with Gasteiger partial charge in [0, 0.05) is 44.4 Å². The number of likely N-dealkylation sites (N-methyl/N-ethyl adjacent to an activating group) is 1. The van der Waals surface area contributed by atoms with Gasteiger partial charge in [0.1, 0.15) is 6.04 Å². The maximum Gasteiger partial charge on any atom is 0.269 e. The van der Waals surface area contributed by atoms with Crippen LogP contribution in [0.15, 0.2) is 30.3 Å². The first-order chi connectivity index (χ1) is 13.4. The van der Waals surface area contributed by atoms with E-state index in [1.807, 2.05) is 11.8 Å². The predicted octanol–water partition coefficient (Wildman–Crippen LogP) is 2.06. The zero-order valence-corrected chi connectivity index (χ0v) is 16.5. The van der Waals surface area contributed by atoms with Gasteiger partial charge >= 0.3 is 0 Å². The third-order valence-corrected chi connectivity index (χ3v) is 4.85. The molecular formula is C20H28N4O4. The van der Waals surface area contributed by atoms with Crippen molar-refractivity contribution in [2.24, 2.45) is 0 Å². The molecule has 2 amide bonds. The number of nitro groups is 1. The molecule has 152 valence electrons. The lowest BCUT2D eigenvalue weighted by Gasteiger charge is -2.36. The van der Waals surface area contributed by atoms with Crippen molar-refractivity contribution in [3.63, 3.8) is 0 Å². The average Bonchev–Trinajstić information content (AvgIpc) is 2.71. The topological polar surface area (TPSA) is 95.8 Å². The summed E-state index contributed by atoms with van der Waals surface area (Å²) in [7, 11) is 0. The Morgan fingerprint density at radius 3 is 2.36 bits per heavy atom. The molecule has 2 rings (SSSR count). The molecule has 1 fully saturated rings. The predicted molar refractivity (Wildman–Crippen MR) is 108 cm³/mol. The number of rotatable bonds is 8. The number of nitrogens with zero attached hydrogens (tertiary/aromatic N) is 3. The van der Waals surface area contributed by atoms with Gasteiger partial charge in [-0.25, -0.2) is 0 Å². The zero-order valence-electron chi connectivity index (χ0n) is 16.5. The van der Waals surface area contributed by atoms with Crippen molar-refractivity contribution in [2.75, 3.05) is 32.7 Å². The van der Waals surface area contributed by atoms with Crippen LogP contribution in [0.1, 0.15) is 32.3 Å². The highest BCUT2D eigenvalue weighted by Gasteiger charge is 2.27. The molecule has 1 heterocycles. The molecule has 1 saturated heterocycles. The van der Waals surface area contributed by atoms with Gasteiger partial charge < -0.3 is 15.1 Å². The monoisotopic (exact) mass is 388 g/mol. The Hall–Kier alpha value is -2.74. The third-order valence-electron chi connectivity index (χ3n) is 4.85. The van der Waals surface area contributed by atoms with Gasteiger partial charge in [-0.1, -0.05) is 20.3 Å². The number of nitro benzene ring substituents is 1. The molecule has 1 atom stereocenters. The molecule has 1 unspecified atom stereocenters. The lowest BCUT2D eigenvalue weighted by atomic mass is 10.1. The van der Waals surface area contributed by atoms with Crippen molar-refractivity contribution in [3.05, 3.63) is 46.0 Å². The molecular weight excluding hydrogens is 360 g/mol. The minimum absolute atomic E-state index is 0.00150. The first-order valence-corrected chi connectivity index (χ1v) is 9.68. The quantitative estimate of drug-likeness (QED) is 0.418. The molecule has 0 bridgehead atoms. The van der Waals surface area contributed by atoms with E-state index in [-0.39, 0.29) is 17.5 Å².